The van der Waals surface area contributed by atoms with E-state index in [1.54, 1.807) is 22.6 Å². The highest BCUT2D eigenvalue weighted by molar-refractivity contribution is 14.1. The highest BCUT2D eigenvalue weighted by Crippen LogP contribution is 2.32. The van der Waals surface area contributed by atoms with Crippen LogP contribution in [0.2, 0.25) is 0 Å². The zero-order valence-electron chi connectivity index (χ0n) is 8.92. The van der Waals surface area contributed by atoms with Gasteiger partial charge in [-0.2, -0.15) is 0 Å². The Hall–Kier alpha value is -1.26. The van der Waals surface area contributed by atoms with E-state index < -0.39 is 24.6 Å². The summed E-state index contributed by atoms with van der Waals surface area (Å²) in [6, 6.07) is 1.25. The van der Waals surface area contributed by atoms with Crippen LogP contribution in [0.4, 0.5) is 13.2 Å². The van der Waals surface area contributed by atoms with Crippen molar-refractivity contribution in [1.29, 1.82) is 0 Å². The Morgan fingerprint density at radius 3 is 2.61 bits per heavy atom. The summed E-state index contributed by atoms with van der Waals surface area (Å²) in [4.78, 5) is 14.0. The molecule has 5 nitrogen and oxygen atoms in total. The van der Waals surface area contributed by atoms with Crippen molar-refractivity contribution in [2.24, 2.45) is 0 Å². The van der Waals surface area contributed by atoms with Crippen molar-refractivity contribution < 1.29 is 32.5 Å². The second-order valence-corrected chi connectivity index (χ2v) is 4.13. The Morgan fingerprint density at radius 1 is 1.56 bits per heavy atom. The lowest BCUT2D eigenvalue weighted by Gasteiger charge is -2.13. The molecular weight excluding hydrogens is 370 g/mol. The first kappa shape index (κ1) is 14.8. The number of rotatable bonds is 4. The van der Waals surface area contributed by atoms with Gasteiger partial charge in [0.05, 0.1) is 19.2 Å². The van der Waals surface area contributed by atoms with E-state index in [1.807, 2.05) is 0 Å². The summed E-state index contributed by atoms with van der Waals surface area (Å²) in [7, 11) is 1.25. The zero-order chi connectivity index (χ0) is 13.9. The smallest absolute Gasteiger partial charge is 0.495 e. The molecule has 0 saturated heterocycles. The summed E-state index contributed by atoms with van der Waals surface area (Å²) >= 11 is 1.57. The Kier molecular flexibility index (Phi) is 4.59. The van der Waals surface area contributed by atoms with Gasteiger partial charge in [-0.05, 0) is 22.6 Å². The van der Waals surface area contributed by atoms with Crippen LogP contribution in [-0.2, 0) is 11.2 Å². The lowest BCUT2D eigenvalue weighted by molar-refractivity contribution is -0.276. The minimum atomic E-state index is -4.90. The number of methoxy groups -OCH3 is 1. The standard InChI is InChI=1S/C9H7F3INO4/c1-17-5-2-4(3-6(15)16)14-8(7(5)13)18-9(10,11)12/h2H,3H2,1H3,(H,15,16). The van der Waals surface area contributed by atoms with Crippen molar-refractivity contribution in [3.63, 3.8) is 0 Å². The molecule has 1 aromatic rings. The number of ether oxygens (including phenoxy) is 2. The molecule has 0 aromatic carbocycles. The van der Waals surface area contributed by atoms with Crippen LogP contribution in [0.1, 0.15) is 5.69 Å². The normalized spacial score (nSPS) is 11.2. The van der Waals surface area contributed by atoms with E-state index >= 15 is 0 Å². The van der Waals surface area contributed by atoms with E-state index in [-0.39, 0.29) is 15.0 Å². The van der Waals surface area contributed by atoms with Crippen LogP contribution in [-0.4, -0.2) is 29.5 Å². The molecule has 0 amide bonds. The van der Waals surface area contributed by atoms with E-state index in [4.69, 9.17) is 9.84 Å². The van der Waals surface area contributed by atoms with Gasteiger partial charge in [0.1, 0.15) is 9.32 Å². The molecule has 18 heavy (non-hydrogen) atoms. The van der Waals surface area contributed by atoms with Gasteiger partial charge in [0, 0.05) is 6.07 Å². The molecule has 0 fully saturated rings. The first-order valence-corrected chi connectivity index (χ1v) is 5.51. The Bertz CT molecular complexity index is 464. The topological polar surface area (TPSA) is 68.7 Å². The molecular formula is C9H7F3INO4. The minimum absolute atomic E-state index is 0.0153. The van der Waals surface area contributed by atoms with Gasteiger partial charge in [-0.3, -0.25) is 4.79 Å². The highest BCUT2D eigenvalue weighted by Gasteiger charge is 2.33. The Morgan fingerprint density at radius 2 is 2.17 bits per heavy atom. The number of hydrogen-bond donors (Lipinski definition) is 1. The predicted octanol–water partition coefficient (Wildman–Crippen LogP) is 2.22. The van der Waals surface area contributed by atoms with Crippen LogP contribution in [0.15, 0.2) is 6.07 Å². The van der Waals surface area contributed by atoms with Gasteiger partial charge in [-0.1, -0.05) is 0 Å². The van der Waals surface area contributed by atoms with Crippen molar-refractivity contribution >= 4 is 28.6 Å². The molecule has 0 saturated carbocycles. The number of carboxylic acids is 1. The summed E-state index contributed by atoms with van der Waals surface area (Å²) in [6.45, 7) is 0. The summed E-state index contributed by atoms with van der Waals surface area (Å²) < 4.78 is 44.9. The fourth-order valence-electron chi connectivity index (χ4n) is 1.10. The van der Waals surface area contributed by atoms with E-state index in [2.05, 4.69) is 9.72 Å². The Balaban J connectivity index is 3.18. The second-order valence-electron chi connectivity index (χ2n) is 3.05. The maximum Gasteiger partial charge on any atom is 0.574 e. The third-order valence-corrected chi connectivity index (χ3v) is 2.70. The molecule has 100 valence electrons. The van der Waals surface area contributed by atoms with Crippen LogP contribution in [0, 0.1) is 3.57 Å². The molecule has 1 heterocycles. The summed E-state index contributed by atoms with van der Waals surface area (Å²) in [6.07, 6.45) is -5.43. The number of aromatic nitrogens is 1. The van der Waals surface area contributed by atoms with Gasteiger partial charge >= 0.3 is 12.3 Å². The molecule has 1 rings (SSSR count). The number of carbonyl (C=O) groups is 1. The first-order chi connectivity index (χ1) is 8.23. The van der Waals surface area contributed by atoms with Crippen molar-refractivity contribution in [3.05, 3.63) is 15.3 Å². The molecule has 0 atom stereocenters. The van der Waals surface area contributed by atoms with Crippen LogP contribution in [0.5, 0.6) is 11.6 Å². The van der Waals surface area contributed by atoms with Crippen LogP contribution in [0.25, 0.3) is 0 Å². The van der Waals surface area contributed by atoms with Crippen LogP contribution >= 0.6 is 22.6 Å². The Labute approximate surface area is 113 Å². The number of alkyl halides is 3. The summed E-state index contributed by atoms with van der Waals surface area (Å²) in [5.41, 5.74) is -0.0842. The van der Waals surface area contributed by atoms with Gasteiger partial charge in [0.25, 0.3) is 0 Å². The lowest BCUT2D eigenvalue weighted by Crippen LogP contribution is -2.19. The second kappa shape index (κ2) is 5.59. The molecule has 0 radical (unpaired) electrons. The molecule has 0 spiro atoms. The third kappa shape index (κ3) is 4.20. The summed E-state index contributed by atoms with van der Waals surface area (Å²) in [5.74, 6) is -1.87. The fourth-order valence-corrected chi connectivity index (χ4v) is 1.71. The average Bonchev–Trinajstić information content (AvgIpc) is 2.19. The molecule has 0 aliphatic carbocycles. The zero-order valence-corrected chi connectivity index (χ0v) is 11.1. The van der Waals surface area contributed by atoms with E-state index in [9.17, 15) is 18.0 Å². The molecule has 0 aliphatic rings. The van der Waals surface area contributed by atoms with Gasteiger partial charge in [-0.25, -0.2) is 4.98 Å². The maximum atomic E-state index is 12.1. The molecule has 0 bridgehead atoms. The number of carboxylic acid groups (broad SMARTS) is 1. The van der Waals surface area contributed by atoms with Gasteiger partial charge < -0.3 is 14.6 Å². The number of pyridine rings is 1. The molecule has 1 N–H and O–H groups in total. The number of nitrogens with zero attached hydrogens (tertiary/aromatic N) is 1. The molecule has 9 heteroatoms. The maximum absolute atomic E-state index is 12.1. The predicted molar refractivity (Wildman–Crippen MR) is 61.5 cm³/mol. The fraction of sp³-hybridized carbons (Fsp3) is 0.333. The average molecular weight is 377 g/mol. The van der Waals surface area contributed by atoms with E-state index in [0.29, 0.717) is 0 Å². The van der Waals surface area contributed by atoms with Crippen molar-refractivity contribution in [2.75, 3.05) is 7.11 Å². The van der Waals surface area contributed by atoms with Crippen LogP contribution in [0.3, 0.4) is 0 Å². The highest BCUT2D eigenvalue weighted by atomic mass is 127. The molecule has 0 aliphatic heterocycles. The quantitative estimate of drug-likeness (QED) is 0.816. The van der Waals surface area contributed by atoms with Gasteiger partial charge in [0.2, 0.25) is 5.88 Å². The van der Waals surface area contributed by atoms with E-state index in [1.165, 1.54) is 13.2 Å². The SMILES string of the molecule is COc1cc(CC(=O)O)nc(OC(F)(F)F)c1I. The third-order valence-electron chi connectivity index (χ3n) is 1.71. The first-order valence-electron chi connectivity index (χ1n) is 4.44. The van der Waals surface area contributed by atoms with Crippen LogP contribution < -0.4 is 9.47 Å². The monoisotopic (exact) mass is 377 g/mol. The van der Waals surface area contributed by atoms with Crippen molar-refractivity contribution in [2.45, 2.75) is 12.8 Å². The van der Waals surface area contributed by atoms with E-state index in [0.717, 1.165) is 0 Å². The number of aliphatic carboxylic acids is 1. The molecule has 1 aromatic heterocycles. The minimum Gasteiger partial charge on any atom is -0.495 e. The van der Waals surface area contributed by atoms with Crippen molar-refractivity contribution in [3.8, 4) is 11.6 Å². The number of halogens is 4. The van der Waals surface area contributed by atoms with Gasteiger partial charge in [0.15, 0.2) is 0 Å². The van der Waals surface area contributed by atoms with Crippen molar-refractivity contribution in [1.82, 2.24) is 4.98 Å². The van der Waals surface area contributed by atoms with Gasteiger partial charge in [-0.15, -0.1) is 13.2 Å². The number of hydrogen-bond acceptors (Lipinski definition) is 4. The lowest BCUT2D eigenvalue weighted by atomic mass is 10.2. The molecule has 0 unspecified atom stereocenters. The largest absolute Gasteiger partial charge is 0.574 e. The summed E-state index contributed by atoms with van der Waals surface area (Å²) in [5, 5.41) is 8.58.